The van der Waals surface area contributed by atoms with Crippen molar-refractivity contribution in [1.82, 2.24) is 15.5 Å². The van der Waals surface area contributed by atoms with E-state index in [1.54, 1.807) is 13.0 Å². The van der Waals surface area contributed by atoms with Crippen molar-refractivity contribution in [3.63, 3.8) is 0 Å². The number of aliphatic imine (C=N–C) groups is 1. The second-order valence-corrected chi connectivity index (χ2v) is 7.23. The van der Waals surface area contributed by atoms with Crippen LogP contribution in [0.1, 0.15) is 53.1 Å². The van der Waals surface area contributed by atoms with Gasteiger partial charge in [-0.2, -0.15) is 0 Å². The van der Waals surface area contributed by atoms with E-state index < -0.39 is 5.60 Å². The van der Waals surface area contributed by atoms with E-state index in [0.717, 1.165) is 25.4 Å². The van der Waals surface area contributed by atoms with Crippen LogP contribution in [0, 0.1) is 6.92 Å². The van der Waals surface area contributed by atoms with Crippen LogP contribution in [-0.2, 0) is 5.60 Å². The van der Waals surface area contributed by atoms with Crippen LogP contribution in [0.4, 0.5) is 0 Å². The zero-order valence-electron chi connectivity index (χ0n) is 17.3. The SMILES string of the molecule is CCNC(=NCC(C)(O)c1ccc(C)o1)NCCN(C(C)C)C(C)C.I. The number of hydrogen-bond donors (Lipinski definition) is 3. The number of furan rings is 1. The Morgan fingerprint density at radius 3 is 2.31 bits per heavy atom. The van der Waals surface area contributed by atoms with Crippen molar-refractivity contribution >= 4 is 29.9 Å². The number of aliphatic hydroxyl groups is 1. The summed E-state index contributed by atoms with van der Waals surface area (Å²) in [5, 5.41) is 17.2. The van der Waals surface area contributed by atoms with Crippen molar-refractivity contribution in [1.29, 1.82) is 0 Å². The molecule has 0 aliphatic rings. The Morgan fingerprint density at radius 1 is 1.23 bits per heavy atom. The lowest BCUT2D eigenvalue weighted by molar-refractivity contribution is 0.0428. The van der Waals surface area contributed by atoms with Crippen molar-refractivity contribution < 1.29 is 9.52 Å². The van der Waals surface area contributed by atoms with Crippen molar-refractivity contribution in [3.8, 4) is 0 Å². The molecule has 1 aromatic rings. The minimum Gasteiger partial charge on any atom is -0.463 e. The molecule has 0 fully saturated rings. The van der Waals surface area contributed by atoms with Gasteiger partial charge in [-0.1, -0.05) is 0 Å². The van der Waals surface area contributed by atoms with Gasteiger partial charge < -0.3 is 20.2 Å². The van der Waals surface area contributed by atoms with Crippen molar-refractivity contribution in [2.24, 2.45) is 4.99 Å². The van der Waals surface area contributed by atoms with Gasteiger partial charge >= 0.3 is 0 Å². The third-order valence-electron chi connectivity index (χ3n) is 4.15. The zero-order valence-corrected chi connectivity index (χ0v) is 19.6. The Morgan fingerprint density at radius 2 is 1.85 bits per heavy atom. The fourth-order valence-electron chi connectivity index (χ4n) is 2.79. The summed E-state index contributed by atoms with van der Waals surface area (Å²) < 4.78 is 5.54. The van der Waals surface area contributed by atoms with Gasteiger partial charge in [0.25, 0.3) is 0 Å². The highest BCUT2D eigenvalue weighted by Crippen LogP contribution is 2.22. The first-order valence-corrected chi connectivity index (χ1v) is 9.24. The minimum absolute atomic E-state index is 0. The van der Waals surface area contributed by atoms with E-state index in [4.69, 9.17) is 4.42 Å². The lowest BCUT2D eigenvalue weighted by Gasteiger charge is -2.30. The number of aryl methyl sites for hydroxylation is 1. The maximum atomic E-state index is 10.6. The van der Waals surface area contributed by atoms with Crippen LogP contribution in [0.25, 0.3) is 0 Å². The molecule has 1 atom stereocenters. The summed E-state index contributed by atoms with van der Waals surface area (Å²) in [4.78, 5) is 6.95. The van der Waals surface area contributed by atoms with Crippen LogP contribution in [0.2, 0.25) is 0 Å². The molecule has 0 bridgehead atoms. The molecular weight excluding hydrogens is 443 g/mol. The Kier molecular flexibility index (Phi) is 11.5. The summed E-state index contributed by atoms with van der Waals surface area (Å²) in [6, 6.07) is 4.66. The van der Waals surface area contributed by atoms with Gasteiger partial charge in [0.1, 0.15) is 17.1 Å². The smallest absolute Gasteiger partial charge is 0.191 e. The maximum Gasteiger partial charge on any atom is 0.191 e. The molecule has 7 heteroatoms. The molecule has 0 saturated carbocycles. The molecule has 1 rings (SSSR count). The summed E-state index contributed by atoms with van der Waals surface area (Å²) in [7, 11) is 0. The third kappa shape index (κ3) is 8.26. The van der Waals surface area contributed by atoms with Crippen LogP contribution in [-0.4, -0.2) is 54.2 Å². The predicted molar refractivity (Wildman–Crippen MR) is 119 cm³/mol. The lowest BCUT2D eigenvalue weighted by Crippen LogP contribution is -2.45. The molecule has 0 saturated heterocycles. The maximum absolute atomic E-state index is 10.6. The van der Waals surface area contributed by atoms with Gasteiger partial charge in [0.05, 0.1) is 6.54 Å². The van der Waals surface area contributed by atoms with E-state index in [2.05, 4.69) is 48.2 Å². The number of rotatable bonds is 9. The first-order chi connectivity index (χ1) is 11.7. The quantitative estimate of drug-likeness (QED) is 0.288. The highest BCUT2D eigenvalue weighted by molar-refractivity contribution is 14.0. The Balaban J connectivity index is 0.00000625. The summed E-state index contributed by atoms with van der Waals surface area (Å²) >= 11 is 0. The molecule has 0 radical (unpaired) electrons. The normalized spacial score (nSPS) is 14.5. The topological polar surface area (TPSA) is 73.0 Å². The van der Waals surface area contributed by atoms with Gasteiger partial charge in [0.15, 0.2) is 5.96 Å². The fraction of sp³-hybridized carbons (Fsp3) is 0.737. The highest BCUT2D eigenvalue weighted by atomic mass is 127. The van der Waals surface area contributed by atoms with Gasteiger partial charge in [0.2, 0.25) is 0 Å². The number of hydrogen-bond acceptors (Lipinski definition) is 4. The highest BCUT2D eigenvalue weighted by Gasteiger charge is 2.26. The first-order valence-electron chi connectivity index (χ1n) is 9.24. The Hall–Kier alpha value is -0.800. The average molecular weight is 480 g/mol. The summed E-state index contributed by atoms with van der Waals surface area (Å²) in [5.41, 5.74) is -1.13. The van der Waals surface area contributed by atoms with Gasteiger partial charge in [-0.05, 0) is 60.6 Å². The van der Waals surface area contributed by atoms with Crippen LogP contribution >= 0.6 is 24.0 Å². The molecule has 3 N–H and O–H groups in total. The molecule has 0 aromatic carbocycles. The van der Waals surface area contributed by atoms with Crippen LogP contribution < -0.4 is 10.6 Å². The molecule has 0 spiro atoms. The van der Waals surface area contributed by atoms with Crippen molar-refractivity contribution in [3.05, 3.63) is 23.7 Å². The van der Waals surface area contributed by atoms with Crippen LogP contribution in [0.15, 0.2) is 21.5 Å². The second kappa shape index (κ2) is 11.8. The zero-order chi connectivity index (χ0) is 19.0. The van der Waals surface area contributed by atoms with Crippen LogP contribution in [0.3, 0.4) is 0 Å². The molecule has 1 heterocycles. The van der Waals surface area contributed by atoms with E-state index >= 15 is 0 Å². The lowest BCUT2D eigenvalue weighted by atomic mass is 10.0. The number of guanidine groups is 1. The summed E-state index contributed by atoms with van der Waals surface area (Å²) in [5.74, 6) is 2.03. The fourth-order valence-corrected chi connectivity index (χ4v) is 2.79. The van der Waals surface area contributed by atoms with E-state index in [1.165, 1.54) is 0 Å². The van der Waals surface area contributed by atoms with Crippen molar-refractivity contribution in [2.75, 3.05) is 26.2 Å². The molecule has 1 aromatic heterocycles. The largest absolute Gasteiger partial charge is 0.463 e. The molecule has 152 valence electrons. The first kappa shape index (κ1) is 25.2. The molecule has 0 aliphatic heterocycles. The molecule has 0 aliphatic carbocycles. The van der Waals surface area contributed by atoms with E-state index in [-0.39, 0.29) is 30.5 Å². The second-order valence-electron chi connectivity index (χ2n) is 7.23. The van der Waals surface area contributed by atoms with Gasteiger partial charge in [-0.25, -0.2) is 4.99 Å². The van der Waals surface area contributed by atoms with E-state index in [1.807, 2.05) is 19.9 Å². The van der Waals surface area contributed by atoms with Gasteiger partial charge in [-0.3, -0.25) is 4.90 Å². The van der Waals surface area contributed by atoms with Gasteiger partial charge in [0, 0.05) is 31.7 Å². The molecular formula is C19H37IN4O2. The summed E-state index contributed by atoms with van der Waals surface area (Å²) in [6.07, 6.45) is 0. The van der Waals surface area contributed by atoms with Crippen molar-refractivity contribution in [2.45, 2.75) is 66.2 Å². The monoisotopic (exact) mass is 480 g/mol. The predicted octanol–water partition coefficient (Wildman–Crippen LogP) is 3.09. The number of halogens is 1. The molecule has 6 nitrogen and oxygen atoms in total. The molecule has 26 heavy (non-hydrogen) atoms. The Labute approximate surface area is 175 Å². The third-order valence-corrected chi connectivity index (χ3v) is 4.15. The molecule has 1 unspecified atom stereocenters. The van der Waals surface area contributed by atoms with E-state index in [0.29, 0.717) is 23.8 Å². The van der Waals surface area contributed by atoms with Gasteiger partial charge in [-0.15, -0.1) is 24.0 Å². The Bertz CT molecular complexity index is 533. The minimum atomic E-state index is -1.13. The number of nitrogens with zero attached hydrogens (tertiary/aromatic N) is 2. The van der Waals surface area contributed by atoms with Crippen LogP contribution in [0.5, 0.6) is 0 Å². The molecule has 0 amide bonds. The average Bonchev–Trinajstić information content (AvgIpc) is 2.95. The number of nitrogens with one attached hydrogen (secondary N) is 2. The standard InChI is InChI=1S/C19H36N4O2.HI/c1-8-20-18(21-11-12-23(14(2)3)15(4)5)22-13-19(7,24)17-10-9-16(6)25-17;/h9-10,14-15,24H,8,11-13H2,1-7H3,(H2,20,21,22);1H. The van der Waals surface area contributed by atoms with E-state index in [9.17, 15) is 5.11 Å². The summed E-state index contributed by atoms with van der Waals surface area (Å²) in [6.45, 7) is 17.2.